The van der Waals surface area contributed by atoms with Gasteiger partial charge in [0.05, 0.1) is 11.6 Å². The second kappa shape index (κ2) is 9.56. The average molecular weight is 505 g/mol. The zero-order chi connectivity index (χ0) is 23.7. The number of hydrogen-bond donors (Lipinski definition) is 1. The standard InChI is InChI=1S/C25H17Cl3FNO3/c26-17-7-5-15(6-8-17)23(31)21-22(16-2-1-3-19(29)12-16)30(25(33)24(21)32)11-10-14-4-9-18(27)13-20(14)28/h1-9,12-13,22,31H,10-11H2/b23-21+. The molecule has 1 N–H and O–H groups in total. The van der Waals surface area contributed by atoms with Crippen LogP contribution in [0.4, 0.5) is 4.39 Å². The van der Waals surface area contributed by atoms with Crippen LogP contribution in [0.25, 0.3) is 5.76 Å². The third-order valence-corrected chi connectivity index (χ3v) is 6.30. The third kappa shape index (κ3) is 4.76. The topological polar surface area (TPSA) is 57.6 Å². The van der Waals surface area contributed by atoms with Gasteiger partial charge in [0.25, 0.3) is 11.7 Å². The van der Waals surface area contributed by atoms with Crippen molar-refractivity contribution in [2.24, 2.45) is 0 Å². The SMILES string of the molecule is O=C1C(=O)N(CCc2ccc(Cl)cc2Cl)C(c2cccc(F)c2)/C1=C(\O)c1ccc(Cl)cc1. The zero-order valence-corrected chi connectivity index (χ0v) is 19.3. The van der Waals surface area contributed by atoms with Gasteiger partial charge in [-0.2, -0.15) is 0 Å². The van der Waals surface area contributed by atoms with Crippen LogP contribution in [0, 0.1) is 5.82 Å². The van der Waals surface area contributed by atoms with Crippen LogP contribution in [-0.2, 0) is 16.0 Å². The average Bonchev–Trinajstić information content (AvgIpc) is 3.03. The van der Waals surface area contributed by atoms with Crippen LogP contribution in [-0.4, -0.2) is 28.2 Å². The second-order valence-corrected chi connectivity index (χ2v) is 8.82. The van der Waals surface area contributed by atoms with Crippen molar-refractivity contribution >= 4 is 52.3 Å². The fourth-order valence-corrected chi connectivity index (χ4v) is 4.49. The van der Waals surface area contributed by atoms with Gasteiger partial charge in [0.2, 0.25) is 0 Å². The van der Waals surface area contributed by atoms with Crippen molar-refractivity contribution in [1.29, 1.82) is 0 Å². The lowest BCUT2D eigenvalue weighted by atomic mass is 9.95. The summed E-state index contributed by atoms with van der Waals surface area (Å²) >= 11 is 18.1. The monoisotopic (exact) mass is 503 g/mol. The van der Waals surface area contributed by atoms with Gasteiger partial charge in [-0.3, -0.25) is 9.59 Å². The molecule has 0 bridgehead atoms. The minimum absolute atomic E-state index is 0.116. The van der Waals surface area contributed by atoms with Crippen LogP contribution in [0.1, 0.15) is 22.7 Å². The number of carbonyl (C=O) groups is 2. The lowest BCUT2D eigenvalue weighted by molar-refractivity contribution is -0.139. The molecule has 1 heterocycles. The predicted molar refractivity (Wildman–Crippen MR) is 127 cm³/mol. The van der Waals surface area contributed by atoms with Gasteiger partial charge < -0.3 is 10.0 Å². The Bertz CT molecular complexity index is 1270. The van der Waals surface area contributed by atoms with Gasteiger partial charge >= 0.3 is 0 Å². The molecule has 1 unspecified atom stereocenters. The Labute approximate surface area is 204 Å². The lowest BCUT2D eigenvalue weighted by Crippen LogP contribution is -2.31. The summed E-state index contributed by atoms with van der Waals surface area (Å²) in [6.07, 6.45) is 0.329. The first-order chi connectivity index (χ1) is 15.8. The van der Waals surface area contributed by atoms with E-state index in [0.717, 1.165) is 5.56 Å². The van der Waals surface area contributed by atoms with Crippen molar-refractivity contribution in [1.82, 2.24) is 4.90 Å². The summed E-state index contributed by atoms with van der Waals surface area (Å²) in [4.78, 5) is 27.3. The van der Waals surface area contributed by atoms with Crippen LogP contribution in [0.5, 0.6) is 0 Å². The minimum Gasteiger partial charge on any atom is -0.507 e. The Balaban J connectivity index is 1.78. The predicted octanol–water partition coefficient (Wildman–Crippen LogP) is 6.45. The Kier molecular flexibility index (Phi) is 6.75. The molecule has 3 aromatic carbocycles. The number of nitrogens with zero attached hydrogens (tertiary/aromatic N) is 1. The number of carbonyl (C=O) groups excluding carboxylic acids is 2. The molecule has 0 aliphatic carbocycles. The van der Waals surface area contributed by atoms with Crippen molar-refractivity contribution < 1.29 is 19.1 Å². The molecule has 33 heavy (non-hydrogen) atoms. The molecule has 1 aliphatic heterocycles. The highest BCUT2D eigenvalue weighted by Crippen LogP contribution is 2.40. The summed E-state index contributed by atoms with van der Waals surface area (Å²) in [7, 11) is 0. The van der Waals surface area contributed by atoms with Crippen LogP contribution in [0.2, 0.25) is 15.1 Å². The van der Waals surface area contributed by atoms with E-state index in [2.05, 4.69) is 0 Å². The molecule has 0 spiro atoms. The van der Waals surface area contributed by atoms with E-state index in [1.165, 1.54) is 23.1 Å². The molecule has 0 radical (unpaired) electrons. The molecule has 1 fully saturated rings. The number of amides is 1. The van der Waals surface area contributed by atoms with Crippen molar-refractivity contribution in [3.8, 4) is 0 Å². The van der Waals surface area contributed by atoms with Gasteiger partial charge in [0, 0.05) is 27.2 Å². The molecule has 1 aliphatic rings. The second-order valence-electron chi connectivity index (χ2n) is 7.54. The van der Waals surface area contributed by atoms with E-state index >= 15 is 0 Å². The first-order valence-electron chi connectivity index (χ1n) is 10.00. The van der Waals surface area contributed by atoms with Crippen LogP contribution >= 0.6 is 34.8 Å². The van der Waals surface area contributed by atoms with Gasteiger partial charge in [-0.15, -0.1) is 0 Å². The summed E-state index contributed by atoms with van der Waals surface area (Å²) in [6, 6.07) is 15.9. The zero-order valence-electron chi connectivity index (χ0n) is 17.1. The maximum atomic E-state index is 14.1. The van der Waals surface area contributed by atoms with Crippen molar-refractivity contribution in [3.63, 3.8) is 0 Å². The maximum Gasteiger partial charge on any atom is 0.295 e. The van der Waals surface area contributed by atoms with Crippen LogP contribution < -0.4 is 0 Å². The number of rotatable bonds is 5. The Hall–Kier alpha value is -2.86. The number of likely N-dealkylation sites (tertiary alicyclic amines) is 1. The normalized spacial score (nSPS) is 17.6. The first kappa shape index (κ1) is 23.3. The van der Waals surface area contributed by atoms with Crippen molar-refractivity contribution in [2.45, 2.75) is 12.5 Å². The first-order valence-corrected chi connectivity index (χ1v) is 11.1. The largest absolute Gasteiger partial charge is 0.507 e. The van der Waals surface area contributed by atoms with E-state index in [-0.39, 0.29) is 17.9 Å². The van der Waals surface area contributed by atoms with E-state index in [9.17, 15) is 19.1 Å². The number of ketones is 1. The molecule has 1 atom stereocenters. The smallest absolute Gasteiger partial charge is 0.295 e. The van der Waals surface area contributed by atoms with E-state index in [0.29, 0.717) is 32.6 Å². The molecule has 1 saturated heterocycles. The highest BCUT2D eigenvalue weighted by atomic mass is 35.5. The number of hydrogen-bond acceptors (Lipinski definition) is 3. The van der Waals surface area contributed by atoms with Gasteiger partial charge in [-0.1, -0.05) is 53.0 Å². The quantitative estimate of drug-likeness (QED) is 0.247. The van der Waals surface area contributed by atoms with Crippen molar-refractivity contribution in [2.75, 3.05) is 6.54 Å². The molecule has 4 nitrogen and oxygen atoms in total. The van der Waals surface area contributed by atoms with E-state index in [1.54, 1.807) is 48.5 Å². The number of benzene rings is 3. The summed E-state index contributed by atoms with van der Waals surface area (Å²) in [5.41, 5.74) is 1.31. The highest BCUT2D eigenvalue weighted by molar-refractivity contribution is 6.46. The van der Waals surface area contributed by atoms with Gasteiger partial charge in [0.1, 0.15) is 11.6 Å². The molecule has 1 amide bonds. The molecule has 0 aromatic heterocycles. The van der Waals surface area contributed by atoms with E-state index < -0.39 is 23.5 Å². The Morgan fingerprint density at radius 2 is 1.64 bits per heavy atom. The molecular weight excluding hydrogens is 488 g/mol. The lowest BCUT2D eigenvalue weighted by Gasteiger charge is -2.25. The van der Waals surface area contributed by atoms with Gasteiger partial charge in [0.15, 0.2) is 0 Å². The fraction of sp³-hybridized carbons (Fsp3) is 0.120. The maximum absolute atomic E-state index is 14.1. The summed E-state index contributed by atoms with van der Waals surface area (Å²) in [5, 5.41) is 12.3. The fourth-order valence-electron chi connectivity index (χ4n) is 3.86. The van der Waals surface area contributed by atoms with Crippen LogP contribution in [0.15, 0.2) is 72.3 Å². The summed E-state index contributed by atoms with van der Waals surface area (Å²) in [6.45, 7) is 0.116. The summed E-state index contributed by atoms with van der Waals surface area (Å²) < 4.78 is 14.1. The molecular formula is C25H17Cl3FNO3. The number of halogens is 4. The Morgan fingerprint density at radius 3 is 2.30 bits per heavy atom. The number of aliphatic hydroxyl groups is 1. The van der Waals surface area contributed by atoms with E-state index in [4.69, 9.17) is 34.8 Å². The summed E-state index contributed by atoms with van der Waals surface area (Å²) in [5.74, 6) is -2.51. The van der Waals surface area contributed by atoms with E-state index in [1.807, 2.05) is 0 Å². The number of Topliss-reactive ketones (excluding diaryl/α,β-unsaturated/α-hetero) is 1. The molecule has 3 aromatic rings. The van der Waals surface area contributed by atoms with Gasteiger partial charge in [-0.05, 0) is 66.1 Å². The van der Waals surface area contributed by atoms with Gasteiger partial charge in [-0.25, -0.2) is 4.39 Å². The third-order valence-electron chi connectivity index (χ3n) is 5.46. The number of aliphatic hydroxyl groups excluding tert-OH is 1. The Morgan fingerprint density at radius 1 is 0.939 bits per heavy atom. The molecule has 0 saturated carbocycles. The highest BCUT2D eigenvalue weighted by Gasteiger charge is 2.46. The minimum atomic E-state index is -0.970. The molecule has 4 rings (SSSR count). The van der Waals surface area contributed by atoms with Crippen molar-refractivity contribution in [3.05, 3.63) is 110 Å². The molecule has 168 valence electrons. The molecule has 8 heteroatoms. The van der Waals surface area contributed by atoms with Crippen LogP contribution in [0.3, 0.4) is 0 Å².